The summed E-state index contributed by atoms with van der Waals surface area (Å²) in [5.41, 5.74) is 3.40. The van der Waals surface area contributed by atoms with Crippen LogP contribution in [0.5, 0.6) is 5.75 Å². The molecule has 0 N–H and O–H groups in total. The standard InChI is InChI=1S/C31H26N4O4/c1-3-14-38-25-12-7-9-22(16-25)29-23(19-35(33-29)24-10-5-4-6-11-24)17-27-21(2)28(18-32)31(37)34(30(27)36)20-26-13-8-15-39-26/h4-13,15-17,19H,3,14,20H2,1-2H3/b27-17+. The average Bonchev–Trinajstić information content (AvgIpc) is 3.63. The van der Waals surface area contributed by atoms with Crippen molar-refractivity contribution in [2.45, 2.75) is 26.8 Å². The van der Waals surface area contributed by atoms with E-state index in [0.717, 1.165) is 22.6 Å². The van der Waals surface area contributed by atoms with Crippen LogP contribution in [0.15, 0.2) is 100 Å². The van der Waals surface area contributed by atoms with Crippen LogP contribution < -0.4 is 4.74 Å². The third-order valence-electron chi connectivity index (χ3n) is 6.36. The Morgan fingerprint density at radius 2 is 1.87 bits per heavy atom. The first kappa shape index (κ1) is 25.5. The van der Waals surface area contributed by atoms with Crippen molar-refractivity contribution in [2.24, 2.45) is 0 Å². The van der Waals surface area contributed by atoms with Gasteiger partial charge in [-0.25, -0.2) is 4.68 Å². The predicted molar refractivity (Wildman–Crippen MR) is 145 cm³/mol. The molecule has 39 heavy (non-hydrogen) atoms. The van der Waals surface area contributed by atoms with Crippen molar-refractivity contribution < 1.29 is 18.7 Å². The number of carbonyl (C=O) groups is 2. The Morgan fingerprint density at radius 1 is 1.05 bits per heavy atom. The smallest absolute Gasteiger partial charge is 0.272 e. The molecule has 0 atom stereocenters. The second-order valence-corrected chi connectivity index (χ2v) is 9.04. The van der Waals surface area contributed by atoms with Crippen LogP contribution in [0.2, 0.25) is 0 Å². The first-order valence-corrected chi connectivity index (χ1v) is 12.6. The summed E-state index contributed by atoms with van der Waals surface area (Å²) in [6.45, 7) is 4.17. The van der Waals surface area contributed by atoms with Gasteiger partial charge >= 0.3 is 0 Å². The Kier molecular flexibility index (Phi) is 7.23. The van der Waals surface area contributed by atoms with Crippen molar-refractivity contribution in [1.82, 2.24) is 14.7 Å². The Bertz CT molecular complexity index is 1620. The highest BCUT2D eigenvalue weighted by atomic mass is 16.5. The molecule has 0 aliphatic carbocycles. The number of hydrogen-bond acceptors (Lipinski definition) is 6. The molecular weight excluding hydrogens is 492 g/mol. The van der Waals surface area contributed by atoms with Crippen LogP contribution in [0.4, 0.5) is 0 Å². The minimum atomic E-state index is -0.644. The van der Waals surface area contributed by atoms with Gasteiger partial charge in [0.05, 0.1) is 25.1 Å². The highest BCUT2D eigenvalue weighted by molar-refractivity contribution is 6.19. The van der Waals surface area contributed by atoms with E-state index in [1.54, 1.807) is 29.8 Å². The van der Waals surface area contributed by atoms with Gasteiger partial charge in [-0.1, -0.05) is 37.3 Å². The van der Waals surface area contributed by atoms with Crippen molar-refractivity contribution in [3.05, 3.63) is 107 Å². The number of benzene rings is 2. The number of para-hydroxylation sites is 1. The molecule has 8 heteroatoms. The van der Waals surface area contributed by atoms with Gasteiger partial charge in [0, 0.05) is 22.9 Å². The van der Waals surface area contributed by atoms with Gasteiger partial charge in [-0.2, -0.15) is 10.4 Å². The predicted octanol–water partition coefficient (Wildman–Crippen LogP) is 5.71. The number of rotatable bonds is 8. The summed E-state index contributed by atoms with van der Waals surface area (Å²) in [5.74, 6) is 0.00395. The van der Waals surface area contributed by atoms with Gasteiger partial charge in [-0.15, -0.1) is 0 Å². The minimum Gasteiger partial charge on any atom is -0.494 e. The van der Waals surface area contributed by atoms with E-state index < -0.39 is 11.8 Å². The van der Waals surface area contributed by atoms with E-state index in [-0.39, 0.29) is 17.7 Å². The van der Waals surface area contributed by atoms with Gasteiger partial charge in [0.15, 0.2) is 0 Å². The molecule has 0 saturated heterocycles. The number of nitriles is 1. The quantitative estimate of drug-likeness (QED) is 0.219. The molecule has 4 aromatic rings. The number of carbonyl (C=O) groups excluding carboxylic acids is 2. The largest absolute Gasteiger partial charge is 0.494 e. The first-order valence-electron chi connectivity index (χ1n) is 12.6. The zero-order valence-corrected chi connectivity index (χ0v) is 21.6. The highest BCUT2D eigenvalue weighted by Crippen LogP contribution is 2.32. The van der Waals surface area contributed by atoms with E-state index in [9.17, 15) is 14.9 Å². The van der Waals surface area contributed by atoms with E-state index in [2.05, 4.69) is 0 Å². The molecule has 3 heterocycles. The van der Waals surface area contributed by atoms with Crippen LogP contribution in [-0.4, -0.2) is 33.1 Å². The van der Waals surface area contributed by atoms with Crippen LogP contribution in [0.1, 0.15) is 31.6 Å². The molecule has 0 saturated carbocycles. The second kappa shape index (κ2) is 11.1. The van der Waals surface area contributed by atoms with E-state index in [4.69, 9.17) is 14.3 Å². The fourth-order valence-electron chi connectivity index (χ4n) is 4.37. The van der Waals surface area contributed by atoms with Crippen LogP contribution >= 0.6 is 0 Å². The molecule has 0 spiro atoms. The molecule has 2 amide bonds. The van der Waals surface area contributed by atoms with Crippen LogP contribution in [-0.2, 0) is 16.1 Å². The molecule has 5 rings (SSSR count). The van der Waals surface area contributed by atoms with Crippen molar-refractivity contribution in [1.29, 1.82) is 5.26 Å². The maximum atomic E-state index is 13.6. The number of nitrogens with zero attached hydrogens (tertiary/aromatic N) is 4. The summed E-state index contributed by atoms with van der Waals surface area (Å²) in [6, 6.07) is 22.6. The van der Waals surface area contributed by atoms with Crippen molar-refractivity contribution >= 4 is 17.9 Å². The lowest BCUT2D eigenvalue weighted by Gasteiger charge is -2.26. The molecule has 1 aliphatic rings. The van der Waals surface area contributed by atoms with Crippen molar-refractivity contribution in [2.75, 3.05) is 6.61 Å². The molecule has 0 radical (unpaired) electrons. The Hall–Kier alpha value is -5.16. The summed E-state index contributed by atoms with van der Waals surface area (Å²) in [4.78, 5) is 27.7. The lowest BCUT2D eigenvalue weighted by atomic mass is 9.93. The first-order chi connectivity index (χ1) is 19.0. The fraction of sp³-hybridized carbons (Fsp3) is 0.161. The normalized spacial score (nSPS) is 14.7. The topological polar surface area (TPSA) is 101 Å². The summed E-state index contributed by atoms with van der Waals surface area (Å²) in [6.07, 6.45) is 5.88. The monoisotopic (exact) mass is 518 g/mol. The number of furan rings is 1. The summed E-state index contributed by atoms with van der Waals surface area (Å²) in [5, 5.41) is 14.6. The zero-order chi connectivity index (χ0) is 27.4. The molecule has 0 unspecified atom stereocenters. The average molecular weight is 519 g/mol. The van der Waals surface area contributed by atoms with E-state index in [1.807, 2.05) is 73.8 Å². The lowest BCUT2D eigenvalue weighted by Crippen LogP contribution is -2.42. The Balaban J connectivity index is 1.64. The van der Waals surface area contributed by atoms with Crippen LogP contribution in [0.25, 0.3) is 23.0 Å². The fourth-order valence-corrected chi connectivity index (χ4v) is 4.37. The number of ether oxygens (including phenoxy) is 1. The van der Waals surface area contributed by atoms with Crippen molar-refractivity contribution in [3.8, 4) is 28.8 Å². The molecule has 8 nitrogen and oxygen atoms in total. The van der Waals surface area contributed by atoms with Gasteiger partial charge in [-0.05, 0) is 61.4 Å². The molecule has 2 aromatic carbocycles. The SMILES string of the molecule is CCCOc1cccc(-c2nn(-c3ccccc3)cc2/C=C2/C(=O)N(Cc3ccco3)C(=O)C(C#N)=C2C)c1. The van der Waals surface area contributed by atoms with E-state index in [1.165, 1.54) is 6.26 Å². The maximum Gasteiger partial charge on any atom is 0.272 e. The number of imide groups is 1. The van der Waals surface area contributed by atoms with Gasteiger partial charge in [-0.3, -0.25) is 14.5 Å². The number of aromatic nitrogens is 2. The number of amides is 2. The molecule has 0 bridgehead atoms. The third kappa shape index (κ3) is 5.15. The third-order valence-corrected chi connectivity index (χ3v) is 6.36. The van der Waals surface area contributed by atoms with Gasteiger partial charge in [0.2, 0.25) is 0 Å². The molecule has 194 valence electrons. The van der Waals surface area contributed by atoms with E-state index in [0.29, 0.717) is 34.9 Å². The second-order valence-electron chi connectivity index (χ2n) is 9.04. The minimum absolute atomic E-state index is 0.0760. The molecule has 0 fully saturated rings. The van der Waals surface area contributed by atoms with Gasteiger partial charge in [0.1, 0.15) is 28.8 Å². The molecular formula is C31H26N4O4. The van der Waals surface area contributed by atoms with Gasteiger partial charge in [0.25, 0.3) is 11.8 Å². The Morgan fingerprint density at radius 3 is 2.59 bits per heavy atom. The summed E-state index contributed by atoms with van der Waals surface area (Å²) >= 11 is 0. The zero-order valence-electron chi connectivity index (χ0n) is 21.6. The van der Waals surface area contributed by atoms with Crippen LogP contribution in [0, 0.1) is 11.3 Å². The van der Waals surface area contributed by atoms with Gasteiger partial charge < -0.3 is 9.15 Å². The lowest BCUT2D eigenvalue weighted by molar-refractivity contribution is -0.141. The molecule has 2 aromatic heterocycles. The summed E-state index contributed by atoms with van der Waals surface area (Å²) in [7, 11) is 0. The summed E-state index contributed by atoms with van der Waals surface area (Å²) < 4.78 is 12.9. The van der Waals surface area contributed by atoms with Crippen LogP contribution in [0.3, 0.4) is 0 Å². The Labute approximate surface area is 226 Å². The number of hydrogen-bond donors (Lipinski definition) is 0. The highest BCUT2D eigenvalue weighted by Gasteiger charge is 2.36. The maximum absolute atomic E-state index is 13.6. The van der Waals surface area contributed by atoms with E-state index >= 15 is 0 Å². The van der Waals surface area contributed by atoms with Crippen molar-refractivity contribution in [3.63, 3.8) is 0 Å². The molecule has 1 aliphatic heterocycles.